The minimum Gasteiger partial charge on any atom is -0.286 e. The summed E-state index contributed by atoms with van der Waals surface area (Å²) in [6, 6.07) is 5.78. The average molecular weight is 252 g/mol. The molecule has 0 saturated heterocycles. The maximum Gasteiger partial charge on any atom is 0.162 e. The Morgan fingerprint density at radius 2 is 2.26 bits per heavy atom. The Morgan fingerprint density at radius 3 is 3.00 bits per heavy atom. The molecule has 4 heteroatoms. The first kappa shape index (κ1) is 11.0. The van der Waals surface area contributed by atoms with E-state index < -0.39 is 0 Å². The number of fused-ring (bicyclic) bond motifs is 3. The molecule has 4 rings (SSSR count). The van der Waals surface area contributed by atoms with Crippen molar-refractivity contribution in [1.29, 1.82) is 5.26 Å². The Kier molecular flexibility index (Phi) is 2.34. The Morgan fingerprint density at radius 1 is 1.32 bits per heavy atom. The second-order valence-corrected chi connectivity index (χ2v) is 6.01. The van der Waals surface area contributed by atoms with Gasteiger partial charge in [-0.2, -0.15) is 5.26 Å². The molecular formula is C15H16N4. The molecule has 4 nitrogen and oxygen atoms in total. The molecule has 2 heterocycles. The summed E-state index contributed by atoms with van der Waals surface area (Å²) in [4.78, 5) is 0. The van der Waals surface area contributed by atoms with Crippen molar-refractivity contribution < 1.29 is 0 Å². The molecule has 0 radical (unpaired) electrons. The lowest BCUT2D eigenvalue weighted by Gasteiger charge is -2.20. The van der Waals surface area contributed by atoms with E-state index in [-0.39, 0.29) is 0 Å². The van der Waals surface area contributed by atoms with Crippen LogP contribution in [0.5, 0.6) is 0 Å². The number of nitriles is 1. The molecule has 96 valence electrons. The number of nitrogens with zero attached hydrogens (tertiary/aromatic N) is 4. The van der Waals surface area contributed by atoms with Crippen molar-refractivity contribution >= 4 is 5.65 Å². The normalized spacial score (nSPS) is 28.9. The van der Waals surface area contributed by atoms with Gasteiger partial charge in [0.1, 0.15) is 5.82 Å². The van der Waals surface area contributed by atoms with Crippen LogP contribution in [0, 0.1) is 29.1 Å². The molecule has 2 aromatic heterocycles. The molecule has 19 heavy (non-hydrogen) atoms. The molecule has 2 aliphatic rings. The van der Waals surface area contributed by atoms with Crippen molar-refractivity contribution in [2.24, 2.45) is 17.8 Å². The topological polar surface area (TPSA) is 54.0 Å². The van der Waals surface area contributed by atoms with Crippen LogP contribution in [0.2, 0.25) is 0 Å². The van der Waals surface area contributed by atoms with E-state index >= 15 is 0 Å². The van der Waals surface area contributed by atoms with Gasteiger partial charge in [-0.25, -0.2) is 0 Å². The fourth-order valence-corrected chi connectivity index (χ4v) is 4.01. The van der Waals surface area contributed by atoms with Gasteiger partial charge in [-0.3, -0.25) is 4.40 Å². The van der Waals surface area contributed by atoms with Gasteiger partial charge in [0, 0.05) is 18.7 Å². The van der Waals surface area contributed by atoms with Gasteiger partial charge in [-0.05, 0) is 43.1 Å². The lowest BCUT2D eigenvalue weighted by molar-refractivity contribution is 0.326. The van der Waals surface area contributed by atoms with Gasteiger partial charge in [-0.1, -0.05) is 6.42 Å². The molecule has 0 aliphatic heterocycles. The zero-order chi connectivity index (χ0) is 12.8. The van der Waals surface area contributed by atoms with Crippen LogP contribution in [0.25, 0.3) is 5.65 Å². The predicted molar refractivity (Wildman–Crippen MR) is 70.3 cm³/mol. The molecule has 0 amide bonds. The first-order valence-electron chi connectivity index (χ1n) is 7.07. The highest BCUT2D eigenvalue weighted by Gasteiger charge is 2.39. The molecule has 0 aromatic carbocycles. The molecule has 2 aromatic rings. The van der Waals surface area contributed by atoms with E-state index in [1.807, 2.05) is 16.7 Å². The number of pyridine rings is 1. The second-order valence-electron chi connectivity index (χ2n) is 6.01. The van der Waals surface area contributed by atoms with Crippen LogP contribution in [0.4, 0.5) is 0 Å². The van der Waals surface area contributed by atoms with Crippen LogP contribution < -0.4 is 0 Å². The molecule has 2 aliphatic carbocycles. The van der Waals surface area contributed by atoms with Crippen molar-refractivity contribution in [2.45, 2.75) is 32.1 Å². The van der Waals surface area contributed by atoms with Gasteiger partial charge >= 0.3 is 0 Å². The maximum absolute atomic E-state index is 8.90. The zero-order valence-electron chi connectivity index (χ0n) is 10.8. The van der Waals surface area contributed by atoms with Crippen molar-refractivity contribution in [3.8, 4) is 6.07 Å². The van der Waals surface area contributed by atoms with Gasteiger partial charge in [0.25, 0.3) is 0 Å². The van der Waals surface area contributed by atoms with E-state index in [9.17, 15) is 0 Å². The Hall–Kier alpha value is -1.89. The summed E-state index contributed by atoms with van der Waals surface area (Å²) in [5, 5.41) is 17.4. The Bertz CT molecular complexity index is 666. The van der Waals surface area contributed by atoms with E-state index in [0.717, 1.165) is 35.6 Å². The highest BCUT2D eigenvalue weighted by atomic mass is 15.2. The Labute approximate surface area is 112 Å². The summed E-state index contributed by atoms with van der Waals surface area (Å²) in [6.07, 6.45) is 8.61. The summed E-state index contributed by atoms with van der Waals surface area (Å²) in [6.45, 7) is 0. The summed E-state index contributed by atoms with van der Waals surface area (Å²) in [5.41, 5.74) is 1.43. The maximum atomic E-state index is 8.90. The number of aromatic nitrogens is 3. The SMILES string of the molecule is N#Cc1ccn2c(CC3CC4CCC3C4)nnc2c1. The lowest BCUT2D eigenvalue weighted by atomic mass is 9.86. The molecule has 0 spiro atoms. The van der Waals surface area contributed by atoms with Crippen LogP contribution in [-0.2, 0) is 6.42 Å². The predicted octanol–water partition coefficient (Wildman–Crippen LogP) is 2.58. The number of hydrogen-bond donors (Lipinski definition) is 0. The molecule has 2 fully saturated rings. The summed E-state index contributed by atoms with van der Waals surface area (Å²) in [7, 11) is 0. The molecule has 3 atom stereocenters. The summed E-state index contributed by atoms with van der Waals surface area (Å²) >= 11 is 0. The lowest BCUT2D eigenvalue weighted by Crippen LogP contribution is -2.14. The molecule has 2 bridgehead atoms. The highest BCUT2D eigenvalue weighted by Crippen LogP contribution is 2.49. The minimum absolute atomic E-state index is 0.645. The van der Waals surface area contributed by atoms with Crippen molar-refractivity contribution in [3.63, 3.8) is 0 Å². The fourth-order valence-electron chi connectivity index (χ4n) is 4.01. The first-order chi connectivity index (χ1) is 9.33. The smallest absolute Gasteiger partial charge is 0.162 e. The minimum atomic E-state index is 0.645. The van der Waals surface area contributed by atoms with E-state index in [1.54, 1.807) is 6.07 Å². The molecule has 2 saturated carbocycles. The second kappa shape index (κ2) is 4.06. The Balaban J connectivity index is 1.63. The van der Waals surface area contributed by atoms with Gasteiger partial charge in [-0.15, -0.1) is 10.2 Å². The van der Waals surface area contributed by atoms with Gasteiger partial charge < -0.3 is 0 Å². The van der Waals surface area contributed by atoms with Crippen LogP contribution >= 0.6 is 0 Å². The third kappa shape index (κ3) is 1.73. The summed E-state index contributed by atoms with van der Waals surface area (Å²) < 4.78 is 2.03. The fraction of sp³-hybridized carbons (Fsp3) is 0.533. The van der Waals surface area contributed by atoms with E-state index in [2.05, 4.69) is 16.3 Å². The quantitative estimate of drug-likeness (QED) is 0.825. The van der Waals surface area contributed by atoms with Crippen molar-refractivity contribution in [1.82, 2.24) is 14.6 Å². The van der Waals surface area contributed by atoms with Gasteiger partial charge in [0.05, 0.1) is 11.6 Å². The third-order valence-corrected chi connectivity index (χ3v) is 4.94. The standard InChI is InChI=1S/C15H16N4/c16-9-11-3-4-19-14(7-11)17-18-15(19)8-13-6-10-1-2-12(13)5-10/h3-4,7,10,12-13H,1-2,5-6,8H2. The molecule has 0 N–H and O–H groups in total. The third-order valence-electron chi connectivity index (χ3n) is 4.94. The zero-order valence-corrected chi connectivity index (χ0v) is 10.8. The van der Waals surface area contributed by atoms with E-state index in [1.165, 1.54) is 25.7 Å². The van der Waals surface area contributed by atoms with Crippen molar-refractivity contribution in [3.05, 3.63) is 29.7 Å². The van der Waals surface area contributed by atoms with Gasteiger partial charge in [0.15, 0.2) is 5.65 Å². The van der Waals surface area contributed by atoms with Crippen molar-refractivity contribution in [2.75, 3.05) is 0 Å². The molecule has 3 unspecified atom stereocenters. The largest absolute Gasteiger partial charge is 0.286 e. The van der Waals surface area contributed by atoms with E-state index in [4.69, 9.17) is 5.26 Å². The summed E-state index contributed by atoms with van der Waals surface area (Å²) in [5.74, 6) is 3.73. The van der Waals surface area contributed by atoms with Crippen LogP contribution in [-0.4, -0.2) is 14.6 Å². The van der Waals surface area contributed by atoms with E-state index in [0.29, 0.717) is 5.56 Å². The molecular weight excluding hydrogens is 236 g/mol. The van der Waals surface area contributed by atoms with Crippen LogP contribution in [0.3, 0.4) is 0 Å². The number of rotatable bonds is 2. The first-order valence-corrected chi connectivity index (χ1v) is 7.07. The van der Waals surface area contributed by atoms with Crippen LogP contribution in [0.1, 0.15) is 37.1 Å². The average Bonchev–Trinajstić information content (AvgIpc) is 3.14. The van der Waals surface area contributed by atoms with Gasteiger partial charge in [0.2, 0.25) is 0 Å². The van der Waals surface area contributed by atoms with Crippen LogP contribution in [0.15, 0.2) is 18.3 Å². The monoisotopic (exact) mass is 252 g/mol. The highest BCUT2D eigenvalue weighted by molar-refractivity contribution is 5.45. The number of hydrogen-bond acceptors (Lipinski definition) is 3.